The third kappa shape index (κ3) is 5.84. The zero-order chi connectivity index (χ0) is 21.8. The molecule has 0 saturated carbocycles. The molecule has 9 heteroatoms. The minimum atomic E-state index is -5.03. The van der Waals surface area contributed by atoms with Gasteiger partial charge in [-0.25, -0.2) is 8.42 Å². The van der Waals surface area contributed by atoms with E-state index in [4.69, 9.17) is 0 Å². The van der Waals surface area contributed by atoms with Crippen LogP contribution in [0.4, 0.5) is 13.2 Å². The number of rotatable bonds is 7. The summed E-state index contributed by atoms with van der Waals surface area (Å²) in [5.41, 5.74) is 1.40. The van der Waals surface area contributed by atoms with Gasteiger partial charge in [-0.15, -0.1) is 13.2 Å². The molecule has 0 atom stereocenters. The summed E-state index contributed by atoms with van der Waals surface area (Å²) in [5, 5.41) is 0. The van der Waals surface area contributed by atoms with Crippen LogP contribution in [0.1, 0.15) is 11.1 Å². The van der Waals surface area contributed by atoms with Crippen molar-refractivity contribution in [1.82, 2.24) is 4.31 Å². The molecule has 0 saturated heterocycles. The number of alkyl halides is 3. The van der Waals surface area contributed by atoms with Gasteiger partial charge in [-0.2, -0.15) is 4.31 Å². The molecule has 3 rings (SSSR count). The monoisotopic (exact) mass is 499 g/mol. The lowest BCUT2D eigenvalue weighted by molar-refractivity contribution is -0.275. The van der Waals surface area contributed by atoms with Crippen LogP contribution in [-0.4, -0.2) is 19.1 Å². The van der Waals surface area contributed by atoms with Gasteiger partial charge in [-0.3, -0.25) is 0 Å². The largest absolute Gasteiger partial charge is 0.573 e. The second kappa shape index (κ2) is 9.20. The lowest BCUT2D eigenvalue weighted by atomic mass is 10.2. The quantitative estimate of drug-likeness (QED) is 0.416. The summed E-state index contributed by atoms with van der Waals surface area (Å²) in [7, 11) is -4.33. The maximum Gasteiger partial charge on any atom is 0.573 e. The Hall–Kier alpha value is -2.36. The van der Waals surface area contributed by atoms with E-state index in [0.29, 0.717) is 11.1 Å². The van der Waals surface area contributed by atoms with Crippen molar-refractivity contribution >= 4 is 26.0 Å². The fourth-order valence-corrected chi connectivity index (χ4v) is 4.69. The first-order chi connectivity index (χ1) is 14.1. The maximum absolute atomic E-state index is 13.4. The predicted octanol–water partition coefficient (Wildman–Crippen LogP) is 5.74. The summed E-state index contributed by atoms with van der Waals surface area (Å²) < 4.78 is 70.9. The maximum atomic E-state index is 13.4. The van der Waals surface area contributed by atoms with E-state index >= 15 is 0 Å². The Morgan fingerprint density at radius 3 is 1.80 bits per heavy atom. The van der Waals surface area contributed by atoms with Crippen LogP contribution in [0.2, 0.25) is 0 Å². The molecule has 0 heterocycles. The van der Waals surface area contributed by atoms with Crippen molar-refractivity contribution in [3.63, 3.8) is 0 Å². The van der Waals surface area contributed by atoms with Gasteiger partial charge in [0.2, 0.25) is 10.0 Å². The van der Waals surface area contributed by atoms with Gasteiger partial charge in [0.25, 0.3) is 0 Å². The van der Waals surface area contributed by atoms with Gasteiger partial charge in [-0.1, -0.05) is 76.6 Å². The zero-order valence-electron chi connectivity index (χ0n) is 15.5. The minimum absolute atomic E-state index is 0.0143. The molecule has 0 N–H and O–H groups in total. The molecule has 0 bridgehead atoms. The molecule has 30 heavy (non-hydrogen) atoms. The zero-order valence-corrected chi connectivity index (χ0v) is 17.9. The molecule has 0 spiro atoms. The number of hydrogen-bond acceptors (Lipinski definition) is 3. The summed E-state index contributed by atoms with van der Waals surface area (Å²) >= 11 is 3.06. The summed E-state index contributed by atoms with van der Waals surface area (Å²) in [6, 6.07) is 21.1. The molecule has 0 amide bonds. The molecular weight excluding hydrogens is 483 g/mol. The highest BCUT2D eigenvalue weighted by Crippen LogP contribution is 2.34. The molecule has 0 aliphatic heterocycles. The number of nitrogens with zero attached hydrogens (tertiary/aromatic N) is 1. The Morgan fingerprint density at radius 1 is 0.833 bits per heavy atom. The number of ether oxygens (including phenoxy) is 1. The van der Waals surface area contributed by atoms with Crippen molar-refractivity contribution in [2.45, 2.75) is 24.3 Å². The van der Waals surface area contributed by atoms with Gasteiger partial charge < -0.3 is 4.74 Å². The van der Waals surface area contributed by atoms with Crippen LogP contribution < -0.4 is 4.74 Å². The Bertz CT molecular complexity index is 1050. The van der Waals surface area contributed by atoms with Crippen LogP contribution in [0.5, 0.6) is 5.75 Å². The molecule has 0 aromatic heterocycles. The Balaban J connectivity index is 2.05. The van der Waals surface area contributed by atoms with Gasteiger partial charge >= 0.3 is 6.36 Å². The van der Waals surface area contributed by atoms with Crippen LogP contribution >= 0.6 is 15.9 Å². The predicted molar refractivity (Wildman–Crippen MR) is 110 cm³/mol. The molecule has 0 radical (unpaired) electrons. The first-order valence-electron chi connectivity index (χ1n) is 8.78. The molecular formula is C21H17BrF3NO3S. The van der Waals surface area contributed by atoms with Gasteiger partial charge in [0.15, 0.2) is 5.75 Å². The first kappa shape index (κ1) is 22.3. The molecule has 0 aliphatic carbocycles. The SMILES string of the molecule is O=S(=O)(c1ccc(Br)cc1OC(F)(F)F)N(Cc1ccccc1)Cc1ccccc1. The number of halogens is 4. The van der Waals surface area contributed by atoms with E-state index in [1.165, 1.54) is 6.07 Å². The molecule has 3 aromatic carbocycles. The van der Waals surface area contributed by atoms with Crippen molar-refractivity contribution in [3.8, 4) is 5.75 Å². The molecule has 0 aliphatic rings. The first-order valence-corrected chi connectivity index (χ1v) is 11.0. The van der Waals surface area contributed by atoms with Gasteiger partial charge in [0, 0.05) is 17.6 Å². The second-order valence-corrected chi connectivity index (χ2v) is 9.21. The summed E-state index contributed by atoms with van der Waals surface area (Å²) in [4.78, 5) is -0.560. The topological polar surface area (TPSA) is 46.6 Å². The van der Waals surface area contributed by atoms with Crippen molar-refractivity contribution in [1.29, 1.82) is 0 Å². The highest BCUT2D eigenvalue weighted by Gasteiger charge is 2.36. The van der Waals surface area contributed by atoms with Gasteiger partial charge in [-0.05, 0) is 29.3 Å². The normalized spacial score (nSPS) is 12.2. The van der Waals surface area contributed by atoms with Gasteiger partial charge in [0.1, 0.15) is 4.90 Å². The minimum Gasteiger partial charge on any atom is -0.404 e. The lowest BCUT2D eigenvalue weighted by Gasteiger charge is -2.24. The molecule has 158 valence electrons. The van der Waals surface area contributed by atoms with Gasteiger partial charge in [0.05, 0.1) is 0 Å². The standard InChI is InChI=1S/C21H17BrF3NO3S/c22-18-11-12-20(19(13-18)29-21(23,24)25)30(27,28)26(14-16-7-3-1-4-8-16)15-17-9-5-2-6-10-17/h1-13H,14-15H2. The van der Waals surface area contributed by atoms with Crippen molar-refractivity contribution < 1.29 is 26.3 Å². The average Bonchev–Trinajstić information content (AvgIpc) is 2.68. The van der Waals surface area contributed by atoms with E-state index in [9.17, 15) is 21.6 Å². The third-order valence-corrected chi connectivity index (χ3v) is 6.48. The average molecular weight is 500 g/mol. The number of sulfonamides is 1. The summed E-state index contributed by atoms with van der Waals surface area (Å²) in [6.07, 6.45) is -5.03. The Kier molecular flexibility index (Phi) is 6.84. The van der Waals surface area contributed by atoms with E-state index < -0.39 is 27.0 Å². The van der Waals surface area contributed by atoms with Crippen LogP contribution in [-0.2, 0) is 23.1 Å². The van der Waals surface area contributed by atoms with E-state index in [-0.39, 0.29) is 17.6 Å². The van der Waals surface area contributed by atoms with Crippen LogP contribution in [0.3, 0.4) is 0 Å². The van der Waals surface area contributed by atoms with Crippen molar-refractivity contribution in [3.05, 3.63) is 94.5 Å². The fraction of sp³-hybridized carbons (Fsp3) is 0.143. The van der Waals surface area contributed by atoms with Crippen LogP contribution in [0, 0.1) is 0 Å². The Labute approximate surface area is 181 Å². The highest BCUT2D eigenvalue weighted by molar-refractivity contribution is 9.10. The van der Waals surface area contributed by atoms with E-state index in [1.54, 1.807) is 60.7 Å². The number of benzene rings is 3. The smallest absolute Gasteiger partial charge is 0.404 e. The molecule has 0 unspecified atom stereocenters. The lowest BCUT2D eigenvalue weighted by Crippen LogP contribution is -2.31. The van der Waals surface area contributed by atoms with Crippen LogP contribution in [0.15, 0.2) is 88.2 Å². The number of hydrogen-bond donors (Lipinski definition) is 0. The third-order valence-electron chi connectivity index (χ3n) is 4.15. The van der Waals surface area contributed by atoms with Crippen LogP contribution in [0.25, 0.3) is 0 Å². The second-order valence-electron chi connectivity index (χ2n) is 6.38. The van der Waals surface area contributed by atoms with E-state index in [1.807, 2.05) is 0 Å². The summed E-state index contributed by atoms with van der Waals surface area (Å²) in [6.45, 7) is -0.0286. The highest BCUT2D eigenvalue weighted by atomic mass is 79.9. The fourth-order valence-electron chi connectivity index (χ4n) is 2.84. The summed E-state index contributed by atoms with van der Waals surface area (Å²) in [5.74, 6) is -0.789. The molecule has 4 nitrogen and oxygen atoms in total. The molecule has 3 aromatic rings. The van der Waals surface area contributed by atoms with E-state index in [0.717, 1.165) is 16.4 Å². The Morgan fingerprint density at radius 2 is 1.33 bits per heavy atom. The van der Waals surface area contributed by atoms with Crippen molar-refractivity contribution in [2.24, 2.45) is 0 Å². The molecule has 0 fully saturated rings. The van der Waals surface area contributed by atoms with Crippen molar-refractivity contribution in [2.75, 3.05) is 0 Å². The van der Waals surface area contributed by atoms with E-state index in [2.05, 4.69) is 20.7 Å².